The SMILES string of the molecule is CC1[C@@H]2[C@H]1c1c(C(F)(F)F)nn(C)c1C2(F)F. The maximum Gasteiger partial charge on any atom is 0.435 e. The minimum Gasteiger partial charge on any atom is -0.266 e. The molecule has 2 aliphatic rings. The first-order valence-corrected chi connectivity index (χ1v) is 5.19. The monoisotopic (exact) mass is 252 g/mol. The summed E-state index contributed by atoms with van der Waals surface area (Å²) in [6.07, 6.45) is -4.67. The molecule has 7 heteroatoms. The quantitative estimate of drug-likeness (QED) is 0.649. The van der Waals surface area contributed by atoms with Crippen LogP contribution in [0, 0.1) is 11.8 Å². The minimum absolute atomic E-state index is 0.289. The zero-order valence-corrected chi connectivity index (χ0v) is 9.02. The Balaban J connectivity index is 2.25. The Hall–Kier alpha value is -1.14. The van der Waals surface area contributed by atoms with E-state index in [1.807, 2.05) is 0 Å². The smallest absolute Gasteiger partial charge is 0.266 e. The lowest BCUT2D eigenvalue weighted by Crippen LogP contribution is -2.19. The number of nitrogens with zero attached hydrogens (tertiary/aromatic N) is 2. The molecule has 1 fully saturated rings. The molecule has 0 spiro atoms. The fourth-order valence-electron chi connectivity index (χ4n) is 3.08. The van der Waals surface area contributed by atoms with Crippen LogP contribution in [0.25, 0.3) is 0 Å². The van der Waals surface area contributed by atoms with Crippen molar-refractivity contribution in [2.45, 2.75) is 24.9 Å². The van der Waals surface area contributed by atoms with E-state index in [2.05, 4.69) is 5.10 Å². The van der Waals surface area contributed by atoms with Crippen LogP contribution in [0.3, 0.4) is 0 Å². The summed E-state index contributed by atoms with van der Waals surface area (Å²) < 4.78 is 66.5. The van der Waals surface area contributed by atoms with Crippen molar-refractivity contribution in [3.05, 3.63) is 17.0 Å². The summed E-state index contributed by atoms with van der Waals surface area (Å²) in [5.74, 6) is -5.26. The molecule has 3 rings (SSSR count). The summed E-state index contributed by atoms with van der Waals surface area (Å²) in [7, 11) is 1.14. The maximum atomic E-state index is 13.9. The van der Waals surface area contributed by atoms with Crippen molar-refractivity contribution >= 4 is 0 Å². The molecule has 0 aromatic carbocycles. The van der Waals surface area contributed by atoms with Crippen LogP contribution in [0.1, 0.15) is 29.8 Å². The van der Waals surface area contributed by atoms with Crippen LogP contribution in [0.4, 0.5) is 22.0 Å². The fourth-order valence-corrected chi connectivity index (χ4v) is 3.08. The minimum atomic E-state index is -4.67. The van der Waals surface area contributed by atoms with Gasteiger partial charge in [-0.05, 0) is 5.92 Å². The predicted octanol–water partition coefficient (Wildman–Crippen LogP) is 2.89. The Labute approximate surface area is 93.4 Å². The molecule has 1 aromatic rings. The van der Waals surface area contributed by atoms with Gasteiger partial charge in [-0.1, -0.05) is 6.92 Å². The molecule has 1 unspecified atom stereocenters. The molecule has 2 aliphatic carbocycles. The number of rotatable bonds is 0. The van der Waals surface area contributed by atoms with E-state index in [9.17, 15) is 22.0 Å². The van der Waals surface area contributed by atoms with E-state index >= 15 is 0 Å². The van der Waals surface area contributed by atoms with Crippen LogP contribution in [-0.2, 0) is 19.1 Å². The lowest BCUT2D eigenvalue weighted by Gasteiger charge is -2.14. The summed E-state index contributed by atoms with van der Waals surface area (Å²) in [5, 5.41) is 3.22. The first-order valence-electron chi connectivity index (χ1n) is 5.19. The normalized spacial score (nSPS) is 33.5. The van der Waals surface area contributed by atoms with Crippen molar-refractivity contribution in [2.24, 2.45) is 18.9 Å². The molecule has 0 bridgehead atoms. The van der Waals surface area contributed by atoms with Gasteiger partial charge in [0.15, 0.2) is 5.69 Å². The third kappa shape index (κ3) is 1.12. The lowest BCUT2D eigenvalue weighted by atomic mass is 10.1. The third-order valence-corrected chi connectivity index (χ3v) is 3.80. The topological polar surface area (TPSA) is 17.8 Å². The molecule has 0 amide bonds. The van der Waals surface area contributed by atoms with E-state index in [1.54, 1.807) is 6.92 Å². The second kappa shape index (κ2) is 2.64. The molecule has 0 radical (unpaired) electrons. The highest BCUT2D eigenvalue weighted by molar-refractivity contribution is 5.48. The van der Waals surface area contributed by atoms with Crippen molar-refractivity contribution < 1.29 is 22.0 Å². The van der Waals surface area contributed by atoms with Gasteiger partial charge in [0, 0.05) is 24.4 Å². The fraction of sp³-hybridized carbons (Fsp3) is 0.700. The van der Waals surface area contributed by atoms with E-state index < -0.39 is 41.2 Å². The number of hydrogen-bond acceptors (Lipinski definition) is 1. The van der Waals surface area contributed by atoms with Gasteiger partial charge in [0.05, 0.1) is 0 Å². The van der Waals surface area contributed by atoms with Gasteiger partial charge in [0.25, 0.3) is 5.92 Å². The van der Waals surface area contributed by atoms with Gasteiger partial charge in [0.2, 0.25) is 0 Å². The highest BCUT2D eigenvalue weighted by Gasteiger charge is 2.72. The summed E-state index contributed by atoms with van der Waals surface area (Å²) in [6.45, 7) is 1.55. The second-order valence-corrected chi connectivity index (χ2v) is 4.77. The van der Waals surface area contributed by atoms with Gasteiger partial charge in [-0.25, -0.2) is 0 Å². The number of aromatic nitrogens is 2. The maximum absolute atomic E-state index is 13.9. The van der Waals surface area contributed by atoms with Crippen LogP contribution in [0.2, 0.25) is 0 Å². The molecule has 0 aliphatic heterocycles. The molecule has 3 atom stereocenters. The average Bonchev–Trinajstić information content (AvgIpc) is 2.57. The van der Waals surface area contributed by atoms with Crippen LogP contribution in [0.5, 0.6) is 0 Å². The van der Waals surface area contributed by atoms with Crippen molar-refractivity contribution in [1.29, 1.82) is 0 Å². The Bertz CT molecular complexity index is 502. The largest absolute Gasteiger partial charge is 0.435 e. The van der Waals surface area contributed by atoms with Gasteiger partial charge in [-0.3, -0.25) is 4.68 Å². The van der Waals surface area contributed by atoms with Crippen molar-refractivity contribution in [3.63, 3.8) is 0 Å². The van der Waals surface area contributed by atoms with Gasteiger partial charge in [-0.2, -0.15) is 27.1 Å². The van der Waals surface area contributed by atoms with Gasteiger partial charge in [0.1, 0.15) is 5.69 Å². The number of aryl methyl sites for hydroxylation is 1. The molecule has 17 heavy (non-hydrogen) atoms. The molecule has 1 heterocycles. The van der Waals surface area contributed by atoms with Gasteiger partial charge < -0.3 is 0 Å². The third-order valence-electron chi connectivity index (χ3n) is 3.80. The molecular formula is C10H9F5N2. The van der Waals surface area contributed by atoms with E-state index in [4.69, 9.17) is 0 Å². The Morgan fingerprint density at radius 2 is 1.88 bits per heavy atom. The van der Waals surface area contributed by atoms with E-state index in [0.29, 0.717) is 4.68 Å². The van der Waals surface area contributed by atoms with Crippen molar-refractivity contribution in [1.82, 2.24) is 9.78 Å². The molecule has 94 valence electrons. The summed E-state index contributed by atoms with van der Waals surface area (Å²) in [5.41, 5.74) is -1.99. The Morgan fingerprint density at radius 1 is 1.29 bits per heavy atom. The summed E-state index contributed by atoms with van der Waals surface area (Å²) in [4.78, 5) is 0. The van der Waals surface area contributed by atoms with Crippen LogP contribution < -0.4 is 0 Å². The van der Waals surface area contributed by atoms with E-state index in [-0.39, 0.29) is 5.56 Å². The highest BCUT2D eigenvalue weighted by Crippen LogP contribution is 2.71. The van der Waals surface area contributed by atoms with Gasteiger partial charge in [-0.15, -0.1) is 0 Å². The Kier molecular flexibility index (Phi) is 1.71. The highest BCUT2D eigenvalue weighted by atomic mass is 19.4. The number of halogens is 5. The van der Waals surface area contributed by atoms with Crippen LogP contribution >= 0.6 is 0 Å². The summed E-state index contributed by atoms with van der Waals surface area (Å²) >= 11 is 0. The number of alkyl halides is 5. The molecule has 1 aromatic heterocycles. The zero-order chi connectivity index (χ0) is 12.7. The standard InChI is InChI=1S/C10H9F5N2/c1-3-4-5-7(10(13,14)15)16-17(2)8(5)9(11,12)6(3)4/h3-4,6H,1-2H3/t3?,4-,6-/m1/s1. The van der Waals surface area contributed by atoms with Crippen molar-refractivity contribution in [3.8, 4) is 0 Å². The molecule has 0 saturated heterocycles. The average molecular weight is 252 g/mol. The number of hydrogen-bond donors (Lipinski definition) is 0. The second-order valence-electron chi connectivity index (χ2n) is 4.77. The first kappa shape index (κ1) is 11.0. The molecule has 2 nitrogen and oxygen atoms in total. The first-order chi connectivity index (χ1) is 7.67. The van der Waals surface area contributed by atoms with Crippen LogP contribution in [0.15, 0.2) is 0 Å². The lowest BCUT2D eigenvalue weighted by molar-refractivity contribution is -0.142. The summed E-state index contributed by atoms with van der Waals surface area (Å²) in [6, 6.07) is 0. The Morgan fingerprint density at radius 3 is 2.41 bits per heavy atom. The predicted molar refractivity (Wildman–Crippen MR) is 47.5 cm³/mol. The van der Waals surface area contributed by atoms with Gasteiger partial charge >= 0.3 is 6.18 Å². The van der Waals surface area contributed by atoms with E-state index in [1.165, 1.54) is 0 Å². The van der Waals surface area contributed by atoms with Crippen LogP contribution in [-0.4, -0.2) is 9.78 Å². The van der Waals surface area contributed by atoms with Crippen molar-refractivity contribution in [2.75, 3.05) is 0 Å². The van der Waals surface area contributed by atoms with E-state index in [0.717, 1.165) is 7.05 Å². The zero-order valence-electron chi connectivity index (χ0n) is 9.02. The molecule has 0 N–H and O–H groups in total. The molecule has 1 saturated carbocycles. The molecular weight excluding hydrogens is 243 g/mol. The number of fused-ring (bicyclic) bond motifs is 3.